The fourth-order valence-electron chi connectivity index (χ4n) is 3.32. The van der Waals surface area contributed by atoms with E-state index in [-0.39, 0.29) is 11.5 Å². The standard InChI is InChI=1S/C21H22N4O2S3/c1-13-9-18(14(2)25(13)7-6-17-5-4-8-28-17)19(26)12-30-21-24-23-20(27-21)10-16-11-29-15(3)22-16/h4-5,8-9,11H,6-7,10,12H2,1-3H3. The predicted molar refractivity (Wildman–Crippen MR) is 121 cm³/mol. The molecule has 156 valence electrons. The van der Waals surface area contributed by atoms with Gasteiger partial charge >= 0.3 is 0 Å². The maximum absolute atomic E-state index is 12.8. The highest BCUT2D eigenvalue weighted by atomic mass is 32.2. The molecule has 0 aliphatic carbocycles. The highest BCUT2D eigenvalue weighted by molar-refractivity contribution is 7.99. The molecule has 0 unspecified atom stereocenters. The Morgan fingerprint density at radius 3 is 2.83 bits per heavy atom. The molecule has 0 atom stereocenters. The van der Waals surface area contributed by atoms with E-state index in [9.17, 15) is 4.79 Å². The van der Waals surface area contributed by atoms with Crippen LogP contribution in [-0.2, 0) is 19.4 Å². The molecule has 0 fully saturated rings. The number of aryl methyl sites for hydroxylation is 3. The maximum Gasteiger partial charge on any atom is 0.277 e. The molecule has 0 saturated carbocycles. The summed E-state index contributed by atoms with van der Waals surface area (Å²) in [5, 5.41) is 13.6. The van der Waals surface area contributed by atoms with E-state index in [1.807, 2.05) is 25.3 Å². The smallest absolute Gasteiger partial charge is 0.277 e. The van der Waals surface area contributed by atoms with Gasteiger partial charge in [-0.05, 0) is 44.7 Å². The Hall–Kier alpha value is -2.23. The topological polar surface area (TPSA) is 73.8 Å². The van der Waals surface area contributed by atoms with E-state index in [0.29, 0.717) is 17.5 Å². The van der Waals surface area contributed by atoms with Gasteiger partial charge in [0.25, 0.3) is 5.22 Å². The number of carbonyl (C=O) groups excluding carboxylic acids is 1. The zero-order chi connectivity index (χ0) is 21.1. The van der Waals surface area contributed by atoms with Gasteiger partial charge in [-0.2, -0.15) is 0 Å². The predicted octanol–water partition coefficient (Wildman–Crippen LogP) is 5.12. The van der Waals surface area contributed by atoms with Crippen LogP contribution in [0.5, 0.6) is 0 Å². The second-order valence-electron chi connectivity index (χ2n) is 6.97. The maximum atomic E-state index is 12.8. The van der Waals surface area contributed by atoms with E-state index in [1.54, 1.807) is 22.7 Å². The van der Waals surface area contributed by atoms with Crippen molar-refractivity contribution in [1.29, 1.82) is 0 Å². The Labute approximate surface area is 187 Å². The van der Waals surface area contributed by atoms with Crippen LogP contribution in [0.2, 0.25) is 0 Å². The van der Waals surface area contributed by atoms with Crippen LogP contribution >= 0.6 is 34.4 Å². The summed E-state index contributed by atoms with van der Waals surface area (Å²) in [5.41, 5.74) is 3.81. The van der Waals surface area contributed by atoms with Gasteiger partial charge in [-0.3, -0.25) is 4.79 Å². The summed E-state index contributed by atoms with van der Waals surface area (Å²) in [5.74, 6) is 0.861. The summed E-state index contributed by atoms with van der Waals surface area (Å²) in [4.78, 5) is 18.6. The number of thiophene rings is 1. The first kappa shape index (κ1) is 21.0. The number of ketones is 1. The monoisotopic (exact) mass is 458 g/mol. The molecule has 0 bridgehead atoms. The second-order valence-corrected chi connectivity index (χ2v) is 10.00. The fourth-order valence-corrected chi connectivity index (χ4v) is 5.30. The van der Waals surface area contributed by atoms with Gasteiger partial charge in [-0.15, -0.1) is 32.9 Å². The number of Topliss-reactive ketones (excluding diaryl/α,β-unsaturated/α-hetero) is 1. The quantitative estimate of drug-likeness (QED) is 0.256. The molecule has 4 aromatic rings. The van der Waals surface area contributed by atoms with Crippen LogP contribution in [0.3, 0.4) is 0 Å². The lowest BCUT2D eigenvalue weighted by Crippen LogP contribution is -2.08. The van der Waals surface area contributed by atoms with E-state index >= 15 is 0 Å². The number of hydrogen-bond acceptors (Lipinski definition) is 8. The highest BCUT2D eigenvalue weighted by Crippen LogP contribution is 2.23. The van der Waals surface area contributed by atoms with Gasteiger partial charge in [0.1, 0.15) is 0 Å². The molecule has 30 heavy (non-hydrogen) atoms. The second kappa shape index (κ2) is 9.28. The van der Waals surface area contributed by atoms with E-state index in [0.717, 1.165) is 40.6 Å². The molecule has 0 aliphatic heterocycles. The van der Waals surface area contributed by atoms with Gasteiger partial charge in [-0.1, -0.05) is 17.8 Å². The first-order chi connectivity index (χ1) is 14.5. The molecule has 6 nitrogen and oxygen atoms in total. The lowest BCUT2D eigenvalue weighted by atomic mass is 10.2. The van der Waals surface area contributed by atoms with Crippen molar-refractivity contribution in [2.45, 2.75) is 45.4 Å². The first-order valence-electron chi connectivity index (χ1n) is 9.58. The molecule has 4 aromatic heterocycles. The minimum atomic E-state index is 0.0744. The molecule has 0 amide bonds. The van der Waals surface area contributed by atoms with Crippen molar-refractivity contribution < 1.29 is 9.21 Å². The Balaban J connectivity index is 1.35. The fraction of sp³-hybridized carbons (Fsp3) is 0.333. The molecule has 0 aliphatic rings. The summed E-state index contributed by atoms with van der Waals surface area (Å²) in [6.07, 6.45) is 1.48. The number of nitrogens with zero attached hydrogens (tertiary/aromatic N) is 4. The Kier molecular flexibility index (Phi) is 6.50. The number of thiazole rings is 1. The summed E-state index contributed by atoms with van der Waals surface area (Å²) in [6.45, 7) is 6.91. The molecule has 0 spiro atoms. The van der Waals surface area contributed by atoms with Crippen molar-refractivity contribution in [3.8, 4) is 0 Å². The Morgan fingerprint density at radius 2 is 2.10 bits per heavy atom. The summed E-state index contributed by atoms with van der Waals surface area (Å²) in [6, 6.07) is 6.20. The Bertz CT molecular complexity index is 1140. The van der Waals surface area contributed by atoms with Crippen LogP contribution in [0.4, 0.5) is 0 Å². The lowest BCUT2D eigenvalue weighted by molar-refractivity contribution is 0.102. The van der Waals surface area contributed by atoms with Crippen molar-refractivity contribution in [2.75, 3.05) is 5.75 Å². The molecule has 0 aromatic carbocycles. The van der Waals surface area contributed by atoms with Gasteiger partial charge in [0.2, 0.25) is 5.89 Å². The van der Waals surface area contributed by atoms with Gasteiger partial charge in [0.05, 0.1) is 22.9 Å². The van der Waals surface area contributed by atoms with Gasteiger partial charge < -0.3 is 8.98 Å². The third-order valence-electron chi connectivity index (χ3n) is 4.81. The lowest BCUT2D eigenvalue weighted by Gasteiger charge is -2.08. The summed E-state index contributed by atoms with van der Waals surface area (Å²) >= 11 is 4.64. The largest absolute Gasteiger partial charge is 0.416 e. The molecule has 9 heteroatoms. The van der Waals surface area contributed by atoms with Crippen molar-refractivity contribution >= 4 is 40.2 Å². The van der Waals surface area contributed by atoms with Crippen LogP contribution in [0.15, 0.2) is 38.6 Å². The molecular weight excluding hydrogens is 436 g/mol. The third kappa shape index (κ3) is 4.91. The number of aromatic nitrogens is 4. The minimum absolute atomic E-state index is 0.0744. The van der Waals surface area contributed by atoms with E-state index in [2.05, 4.69) is 44.2 Å². The number of thioether (sulfide) groups is 1. The zero-order valence-corrected chi connectivity index (χ0v) is 19.5. The van der Waals surface area contributed by atoms with Crippen LogP contribution in [0, 0.1) is 20.8 Å². The number of rotatable bonds is 9. The number of hydrogen-bond donors (Lipinski definition) is 0. The van der Waals surface area contributed by atoms with Gasteiger partial charge in [0, 0.05) is 33.8 Å². The van der Waals surface area contributed by atoms with Crippen LogP contribution < -0.4 is 0 Å². The molecule has 0 radical (unpaired) electrons. The highest BCUT2D eigenvalue weighted by Gasteiger charge is 2.18. The average Bonchev–Trinajstić information content (AvgIpc) is 3.50. The van der Waals surface area contributed by atoms with Crippen molar-refractivity contribution in [3.05, 3.63) is 67.4 Å². The third-order valence-corrected chi connectivity index (χ3v) is 7.39. The molecule has 0 N–H and O–H groups in total. The van der Waals surface area contributed by atoms with Crippen LogP contribution in [-0.4, -0.2) is 31.3 Å². The molecular formula is C21H22N4O2S3. The van der Waals surface area contributed by atoms with Crippen molar-refractivity contribution in [2.24, 2.45) is 0 Å². The zero-order valence-electron chi connectivity index (χ0n) is 17.0. The van der Waals surface area contributed by atoms with Crippen LogP contribution in [0.25, 0.3) is 0 Å². The molecule has 0 saturated heterocycles. The van der Waals surface area contributed by atoms with Gasteiger partial charge in [0.15, 0.2) is 5.78 Å². The molecule has 4 rings (SSSR count). The average molecular weight is 459 g/mol. The van der Waals surface area contributed by atoms with Crippen molar-refractivity contribution in [1.82, 2.24) is 19.7 Å². The number of carbonyl (C=O) groups is 1. The van der Waals surface area contributed by atoms with Crippen molar-refractivity contribution in [3.63, 3.8) is 0 Å². The van der Waals surface area contributed by atoms with E-state index < -0.39 is 0 Å². The first-order valence-corrected chi connectivity index (χ1v) is 12.3. The SMILES string of the molecule is Cc1nc(Cc2nnc(SCC(=O)c3cc(C)n(CCc4cccs4)c3C)o2)cs1. The normalized spacial score (nSPS) is 11.3. The van der Waals surface area contributed by atoms with E-state index in [4.69, 9.17) is 4.42 Å². The van der Waals surface area contributed by atoms with Crippen LogP contribution in [0.1, 0.15) is 43.2 Å². The van der Waals surface area contributed by atoms with Gasteiger partial charge in [-0.25, -0.2) is 4.98 Å². The minimum Gasteiger partial charge on any atom is -0.416 e. The Morgan fingerprint density at radius 1 is 1.23 bits per heavy atom. The summed E-state index contributed by atoms with van der Waals surface area (Å²) in [7, 11) is 0. The summed E-state index contributed by atoms with van der Waals surface area (Å²) < 4.78 is 7.89. The van der Waals surface area contributed by atoms with E-state index in [1.165, 1.54) is 16.6 Å². The molecule has 4 heterocycles.